The minimum atomic E-state index is -4.35. The van der Waals surface area contributed by atoms with Crippen LogP contribution in [0.2, 0.25) is 0 Å². The number of benzene rings is 7. The number of allylic oxidation sites excluding steroid dienone is 1. The molecular formula is C83H93N7O28S8. The van der Waals surface area contributed by atoms with Crippen LogP contribution in [0.4, 0.5) is 28.4 Å². The molecule has 35 nitrogen and oxygen atoms in total. The summed E-state index contributed by atoms with van der Waals surface area (Å²) in [6, 6.07) is 57.2. The van der Waals surface area contributed by atoms with Crippen LogP contribution in [0.1, 0.15) is 187 Å². The Balaban J connectivity index is 0.000000601. The monoisotopic (exact) mass is 1890 g/mol. The van der Waals surface area contributed by atoms with E-state index in [-0.39, 0.29) is 54.6 Å². The van der Waals surface area contributed by atoms with Crippen LogP contribution in [0.25, 0.3) is 43.8 Å². The summed E-state index contributed by atoms with van der Waals surface area (Å²) < 4.78 is 224. The van der Waals surface area contributed by atoms with Gasteiger partial charge in [0.05, 0.1) is 43.1 Å². The molecule has 2 aromatic heterocycles. The SMILES string of the molecule is C.C(=Nc1ccccc1)Nc1ccccc1.CCCC(=O)c1cc(-c2ccc3c4c(ccc3c2)[N+](CCCS(=O)(=O)[O-])=C(/C=C/Nc2ccccc2)C4(C)C)cc(C(=O)CCC)n1.CCCC(=O)c1cc(-c2ccc3c4c(ccc3c2)[N+](CCCS(=O)(=O)[O-])=C(C)C4(C)C)cc(C(=O)CCC)n1.O=S(=O)=O.O=S(=O)=O.O=S(=O)=O.O=S(=O)=O.O=S(=O)=O.O=S(=O)=O. The molecular weight excluding hydrogens is 1800 g/mol. The Labute approximate surface area is 738 Å². The van der Waals surface area contributed by atoms with Crippen molar-refractivity contribution in [1.29, 1.82) is 0 Å². The van der Waals surface area contributed by atoms with Gasteiger partial charge >= 0.3 is 63.7 Å². The molecule has 0 fully saturated rings. The van der Waals surface area contributed by atoms with Crippen molar-refractivity contribution in [2.45, 2.75) is 145 Å². The van der Waals surface area contributed by atoms with Crippen molar-refractivity contribution in [2.24, 2.45) is 4.99 Å². The van der Waals surface area contributed by atoms with Gasteiger partial charge < -0.3 is 19.7 Å². The van der Waals surface area contributed by atoms with Gasteiger partial charge in [0.25, 0.3) is 0 Å². The summed E-state index contributed by atoms with van der Waals surface area (Å²) in [6.45, 7) is 19.2. The van der Waals surface area contributed by atoms with Crippen LogP contribution in [-0.4, -0.2) is 186 Å². The van der Waals surface area contributed by atoms with Crippen molar-refractivity contribution >= 4 is 175 Å². The largest absolute Gasteiger partial charge is 0.748 e. The van der Waals surface area contributed by atoms with E-state index in [9.17, 15) is 45.1 Å². The van der Waals surface area contributed by atoms with Gasteiger partial charge in [-0.05, 0) is 182 Å². The molecule has 2 N–H and O–H groups in total. The maximum Gasteiger partial charge on any atom is 0.425 e. The molecule has 2 aliphatic heterocycles. The number of anilines is 2. The van der Waals surface area contributed by atoms with Crippen LogP contribution in [0.3, 0.4) is 0 Å². The second kappa shape index (κ2) is 54.0. The van der Waals surface area contributed by atoms with Crippen molar-refractivity contribution in [3.05, 3.63) is 222 Å². The molecule has 0 saturated carbocycles. The highest BCUT2D eigenvalue weighted by molar-refractivity contribution is 7.85. The van der Waals surface area contributed by atoms with Gasteiger partial charge in [-0.25, -0.2) is 31.8 Å². The van der Waals surface area contributed by atoms with Crippen LogP contribution >= 0.6 is 0 Å². The molecule has 0 bridgehead atoms. The van der Waals surface area contributed by atoms with Crippen LogP contribution < -0.4 is 10.6 Å². The number of ketones is 4. The molecule has 126 heavy (non-hydrogen) atoms. The van der Waals surface area contributed by atoms with E-state index in [4.69, 9.17) is 75.8 Å². The van der Waals surface area contributed by atoms with Gasteiger partial charge in [-0.1, -0.05) is 114 Å². The summed E-state index contributed by atoms with van der Waals surface area (Å²) in [5.41, 5.74) is 13.1. The van der Waals surface area contributed by atoms with Crippen LogP contribution in [-0.2, 0) is 94.7 Å². The molecule has 0 aliphatic carbocycles. The first-order chi connectivity index (χ1) is 58.6. The highest BCUT2D eigenvalue weighted by Crippen LogP contribution is 2.47. The van der Waals surface area contributed by atoms with E-state index >= 15 is 0 Å². The summed E-state index contributed by atoms with van der Waals surface area (Å²) in [5, 5.41) is 10.5. The minimum absolute atomic E-state index is 0. The summed E-state index contributed by atoms with van der Waals surface area (Å²) in [5.74, 6) is -1.12. The number of nitrogens with one attached hydrogen (secondary N) is 2. The fourth-order valence-corrected chi connectivity index (χ4v) is 14.0. The molecule has 0 amide bonds. The molecule has 0 atom stereocenters. The van der Waals surface area contributed by atoms with Gasteiger partial charge in [0, 0.05) is 104 Å². The van der Waals surface area contributed by atoms with Gasteiger partial charge in [-0.15, -0.1) is 75.8 Å². The Morgan fingerprint density at radius 3 is 1.06 bits per heavy atom. The van der Waals surface area contributed by atoms with Gasteiger partial charge in [-0.2, -0.15) is 9.15 Å². The van der Waals surface area contributed by atoms with Crippen LogP contribution in [0.15, 0.2) is 193 Å². The molecule has 9 aromatic rings. The zero-order valence-electron chi connectivity index (χ0n) is 68.8. The number of carbonyl (C=O) groups excluding carboxylic acids is 4. The second-order valence-corrected chi connectivity index (χ2v) is 33.2. The summed E-state index contributed by atoms with van der Waals surface area (Å²) in [7, 11) is -27.3. The number of para-hydroxylation sites is 3. The fraction of sp³-hybridized carbons (Fsp3) is 0.313. The predicted molar refractivity (Wildman–Crippen MR) is 470 cm³/mol. The Hall–Kier alpha value is -12.1. The van der Waals surface area contributed by atoms with Crippen LogP contribution in [0, 0.1) is 0 Å². The second-order valence-electron chi connectivity index (χ2n) is 27.7. The predicted octanol–water partition coefficient (Wildman–Crippen LogP) is 12.1. The normalized spacial score (nSPS) is 12.2. The van der Waals surface area contributed by atoms with E-state index < -0.39 is 95.1 Å². The molecule has 0 radical (unpaired) electrons. The Kier molecular flexibility index (Phi) is 47.1. The number of pyridine rings is 2. The lowest BCUT2D eigenvalue weighted by atomic mass is 9.79. The van der Waals surface area contributed by atoms with Gasteiger partial charge in [0.2, 0.25) is 11.4 Å². The summed E-state index contributed by atoms with van der Waals surface area (Å²) in [6.07, 6.45) is 10.3. The number of hydrogen-bond acceptors (Lipinski definition) is 32. The van der Waals surface area contributed by atoms with E-state index in [0.29, 0.717) is 87.2 Å². The molecule has 43 heteroatoms. The summed E-state index contributed by atoms with van der Waals surface area (Å²) >= 11 is 0. The first-order valence-electron chi connectivity index (χ1n) is 37.6. The molecule has 2 aliphatic rings. The van der Waals surface area contributed by atoms with E-state index in [1.165, 1.54) is 0 Å². The minimum Gasteiger partial charge on any atom is -0.748 e. The van der Waals surface area contributed by atoms with Gasteiger partial charge in [0.15, 0.2) is 34.6 Å². The zero-order chi connectivity index (χ0) is 94.1. The molecule has 7 aromatic carbocycles. The average Bonchev–Trinajstić information content (AvgIpc) is 1.57. The number of rotatable bonds is 28. The third kappa shape index (κ3) is 38.2. The molecule has 0 unspecified atom stereocenters. The number of hydrogen-bond donors (Lipinski definition) is 2. The van der Waals surface area contributed by atoms with Gasteiger partial charge in [-0.3, -0.25) is 19.2 Å². The number of aromatic nitrogens is 2. The zero-order valence-corrected chi connectivity index (χ0v) is 75.3. The van der Waals surface area contributed by atoms with E-state index in [1.54, 1.807) is 30.6 Å². The lowest BCUT2D eigenvalue weighted by molar-refractivity contribution is -0.438. The van der Waals surface area contributed by atoms with Crippen molar-refractivity contribution < 1.29 is 130 Å². The number of aliphatic imine (C=N–C) groups is 1. The smallest absolute Gasteiger partial charge is 0.425 e. The average molecular weight is 1890 g/mol. The molecule has 0 saturated heterocycles. The Morgan fingerprint density at radius 1 is 0.413 bits per heavy atom. The van der Waals surface area contributed by atoms with E-state index in [0.717, 1.165) is 94.8 Å². The molecule has 4 heterocycles. The fourth-order valence-electron chi connectivity index (χ4n) is 13.0. The quantitative estimate of drug-likeness (QED) is 0.0151. The summed E-state index contributed by atoms with van der Waals surface area (Å²) in [4.78, 5) is 64.4. The molecule has 11 rings (SSSR count). The van der Waals surface area contributed by atoms with E-state index in [2.05, 4.69) is 86.7 Å². The lowest BCUT2D eigenvalue weighted by Crippen LogP contribution is -2.28. The molecule has 676 valence electrons. The maximum absolute atomic E-state index is 12.9. The standard InChI is InChI=1S/C38H41N3O5S.C31H36N2O5S.C13H12N2.CH4.6O3S/c1-5-11-34(42)31-24-28(25-32(40-31)35(43)12-6-2)26-15-17-30-27(23-26)16-18-33-37(30)38(3,4)36(41(33)21-10-22-47(44,45)46)19-20-39-29-13-8-7-9-14-29;1-6-9-28(34)25-18-23(19-26(32-25)29(35)10-7-2)21-11-13-24-22(17-21)12-14-27-30(24)31(4,5)20(3)33(27)15-8-16-39(36,37)38;1-3-7-12(8-4-1)14-11-15-13-9-5-2-6-10-13;;6*1-4(2)3/h7-9,13-20,23-25H,5-6,10-12,21-22H2,1-4H3,(H,44,45,46);11-14,17-19H,6-10,15-16H2,1-5H3;1-11H,(H,14,15);1H4;;;;;;. The molecule has 0 spiro atoms. The highest BCUT2D eigenvalue weighted by atomic mass is 32.2. The number of nitrogens with zero attached hydrogens (tertiary/aromatic N) is 5. The van der Waals surface area contributed by atoms with E-state index in [1.807, 2.05) is 174 Å². The third-order valence-corrected chi connectivity index (χ3v) is 19.8. The third-order valence-electron chi connectivity index (χ3n) is 18.2. The lowest BCUT2D eigenvalue weighted by Gasteiger charge is -2.18. The van der Waals surface area contributed by atoms with Crippen molar-refractivity contribution in [2.75, 3.05) is 35.2 Å². The first-order valence-corrected chi connectivity index (χ1v) is 46.7. The van der Waals surface area contributed by atoms with Crippen molar-refractivity contribution in [3.63, 3.8) is 0 Å². The van der Waals surface area contributed by atoms with Crippen molar-refractivity contribution in [1.82, 2.24) is 9.97 Å². The number of fused-ring (bicyclic) bond motifs is 6. The maximum atomic E-state index is 12.9. The number of Topliss-reactive ketones (excluding diaryl/α,β-unsaturated/α-hetero) is 4. The van der Waals surface area contributed by atoms with Gasteiger partial charge in [0.1, 0.15) is 35.9 Å². The van der Waals surface area contributed by atoms with Crippen LogP contribution in [0.5, 0.6) is 0 Å². The topological polar surface area (TPSA) is 558 Å². The highest BCUT2D eigenvalue weighted by Gasteiger charge is 2.46. The Bertz CT molecular complexity index is 6180. The van der Waals surface area contributed by atoms with Crippen molar-refractivity contribution in [3.8, 4) is 22.3 Å². The number of carbonyl (C=O) groups is 4. The first kappa shape index (κ1) is 110. The Morgan fingerprint density at radius 2 is 0.722 bits per heavy atom.